The maximum absolute atomic E-state index is 12.0. The Kier molecular flexibility index (Phi) is 4.27. The Hall–Kier alpha value is -3.08. The first-order valence-electron chi connectivity index (χ1n) is 6.47. The van der Waals surface area contributed by atoms with Crippen LogP contribution >= 0.6 is 0 Å². The van der Waals surface area contributed by atoms with Gasteiger partial charge in [0.05, 0.1) is 12.3 Å². The highest BCUT2D eigenvalue weighted by molar-refractivity contribution is 5.76. The van der Waals surface area contributed by atoms with Gasteiger partial charge in [0.1, 0.15) is 23.9 Å². The molecule has 0 bridgehead atoms. The molecule has 0 spiro atoms. The van der Waals surface area contributed by atoms with Gasteiger partial charge in [-0.25, -0.2) is 9.36 Å². The number of nitriles is 1. The Morgan fingerprint density at radius 2 is 2.23 bits per heavy atom. The lowest BCUT2D eigenvalue weighted by Gasteiger charge is -2.12. The fraction of sp³-hybridized carbons (Fsp3) is 0.286. The summed E-state index contributed by atoms with van der Waals surface area (Å²) < 4.78 is 6.97. The predicted molar refractivity (Wildman–Crippen MR) is 75.9 cm³/mol. The van der Waals surface area contributed by atoms with Crippen molar-refractivity contribution in [2.45, 2.75) is 19.5 Å². The fourth-order valence-electron chi connectivity index (χ4n) is 1.98. The van der Waals surface area contributed by atoms with Crippen molar-refractivity contribution in [1.29, 1.82) is 5.26 Å². The van der Waals surface area contributed by atoms with E-state index in [4.69, 9.17) is 9.68 Å². The van der Waals surface area contributed by atoms with E-state index < -0.39 is 29.7 Å². The first-order chi connectivity index (χ1) is 10.4. The summed E-state index contributed by atoms with van der Waals surface area (Å²) in [7, 11) is 1.41. The van der Waals surface area contributed by atoms with Gasteiger partial charge in [-0.15, -0.1) is 0 Å². The molecular formula is C14H14N4O4. The van der Waals surface area contributed by atoms with Crippen molar-refractivity contribution in [1.82, 2.24) is 14.5 Å². The molecule has 0 aliphatic heterocycles. The average molecular weight is 302 g/mol. The molecule has 0 aliphatic carbocycles. The van der Waals surface area contributed by atoms with Crippen molar-refractivity contribution in [2.75, 3.05) is 0 Å². The molecule has 1 atom stereocenters. The zero-order valence-electron chi connectivity index (χ0n) is 12.1. The minimum atomic E-state index is -0.786. The van der Waals surface area contributed by atoms with E-state index in [-0.39, 0.29) is 5.56 Å². The van der Waals surface area contributed by atoms with Crippen molar-refractivity contribution in [3.8, 4) is 6.07 Å². The lowest BCUT2D eigenvalue weighted by molar-refractivity contribution is -0.122. The number of hydrogen-bond acceptors (Lipinski definition) is 5. The van der Waals surface area contributed by atoms with Crippen LogP contribution in [0.1, 0.15) is 24.3 Å². The number of carbonyl (C=O) groups excluding carboxylic acids is 1. The molecule has 0 saturated carbocycles. The van der Waals surface area contributed by atoms with Crippen molar-refractivity contribution in [2.24, 2.45) is 7.05 Å². The first-order valence-corrected chi connectivity index (χ1v) is 6.47. The molecule has 8 nitrogen and oxygen atoms in total. The molecule has 2 aromatic rings. The van der Waals surface area contributed by atoms with E-state index in [1.54, 1.807) is 25.1 Å². The number of nitrogens with zero attached hydrogens (tertiary/aromatic N) is 3. The number of aryl methyl sites for hydroxylation is 1. The Morgan fingerprint density at radius 3 is 2.82 bits per heavy atom. The van der Waals surface area contributed by atoms with Gasteiger partial charge in [0.25, 0.3) is 5.56 Å². The number of aromatic nitrogens is 2. The van der Waals surface area contributed by atoms with Crippen LogP contribution in [-0.4, -0.2) is 15.0 Å². The van der Waals surface area contributed by atoms with Crippen LogP contribution in [-0.2, 0) is 18.4 Å². The van der Waals surface area contributed by atoms with E-state index in [0.29, 0.717) is 5.76 Å². The Balaban J connectivity index is 2.23. The van der Waals surface area contributed by atoms with Gasteiger partial charge in [0.2, 0.25) is 5.91 Å². The molecule has 0 saturated heterocycles. The highest BCUT2D eigenvalue weighted by atomic mass is 16.3. The topological polar surface area (TPSA) is 110 Å². The van der Waals surface area contributed by atoms with E-state index in [0.717, 1.165) is 15.3 Å². The lowest BCUT2D eigenvalue weighted by Crippen LogP contribution is -2.44. The van der Waals surface area contributed by atoms with Crippen molar-refractivity contribution in [3.05, 3.63) is 56.8 Å². The van der Waals surface area contributed by atoms with Crippen LogP contribution in [0.5, 0.6) is 0 Å². The van der Waals surface area contributed by atoms with Crippen LogP contribution in [0, 0.1) is 11.3 Å². The molecule has 114 valence electrons. The largest absolute Gasteiger partial charge is 0.467 e. The Morgan fingerprint density at radius 1 is 1.50 bits per heavy atom. The summed E-state index contributed by atoms with van der Waals surface area (Å²) in [5.41, 5.74) is -1.65. The van der Waals surface area contributed by atoms with Gasteiger partial charge in [0.15, 0.2) is 0 Å². The van der Waals surface area contributed by atoms with Gasteiger partial charge >= 0.3 is 5.69 Å². The number of nitrogens with one attached hydrogen (secondary N) is 1. The second-order valence-electron chi connectivity index (χ2n) is 4.74. The minimum absolute atomic E-state index is 0.200. The van der Waals surface area contributed by atoms with Crippen LogP contribution in [0.25, 0.3) is 0 Å². The van der Waals surface area contributed by atoms with Crippen LogP contribution in [0.4, 0.5) is 0 Å². The minimum Gasteiger partial charge on any atom is -0.467 e. The number of rotatable bonds is 4. The lowest BCUT2D eigenvalue weighted by atomic mass is 10.2. The summed E-state index contributed by atoms with van der Waals surface area (Å²) in [4.78, 5) is 35.9. The first kappa shape index (κ1) is 15.3. The molecule has 8 heteroatoms. The van der Waals surface area contributed by atoms with E-state index in [9.17, 15) is 14.4 Å². The molecule has 0 aromatic carbocycles. The Labute approximate surface area is 125 Å². The van der Waals surface area contributed by atoms with E-state index in [2.05, 4.69) is 5.32 Å². The van der Waals surface area contributed by atoms with Gasteiger partial charge in [-0.1, -0.05) is 0 Å². The molecule has 0 fully saturated rings. The van der Waals surface area contributed by atoms with Gasteiger partial charge in [-0.3, -0.25) is 9.59 Å². The van der Waals surface area contributed by atoms with Crippen molar-refractivity contribution >= 4 is 5.91 Å². The van der Waals surface area contributed by atoms with Crippen molar-refractivity contribution < 1.29 is 9.21 Å². The van der Waals surface area contributed by atoms with Crippen LogP contribution in [0.2, 0.25) is 0 Å². The SMILES string of the molecule is CC(NC(=O)Cn1c(=O)c(C#N)cn(C)c1=O)c1ccco1. The number of amides is 1. The summed E-state index contributed by atoms with van der Waals surface area (Å²) in [5, 5.41) is 11.5. The number of furan rings is 1. The standard InChI is InChI=1S/C14H14N4O4/c1-9(11-4-3-5-22-11)16-12(19)8-18-13(20)10(6-15)7-17(2)14(18)21/h3-5,7,9H,8H2,1-2H3,(H,16,19). The van der Waals surface area contributed by atoms with Crippen LogP contribution in [0.3, 0.4) is 0 Å². The molecule has 1 amide bonds. The maximum Gasteiger partial charge on any atom is 0.331 e. The quantitative estimate of drug-likeness (QED) is 0.847. The third-order valence-corrected chi connectivity index (χ3v) is 3.10. The van der Waals surface area contributed by atoms with E-state index in [1.807, 2.05) is 0 Å². The number of hydrogen-bond donors (Lipinski definition) is 1. The smallest absolute Gasteiger partial charge is 0.331 e. The molecule has 0 aliphatic rings. The highest BCUT2D eigenvalue weighted by Gasteiger charge is 2.16. The molecule has 2 aromatic heterocycles. The van der Waals surface area contributed by atoms with E-state index >= 15 is 0 Å². The third-order valence-electron chi connectivity index (χ3n) is 3.10. The summed E-state index contributed by atoms with van der Waals surface area (Å²) in [5.74, 6) is 0.0255. The monoisotopic (exact) mass is 302 g/mol. The summed E-state index contributed by atoms with van der Waals surface area (Å²) >= 11 is 0. The summed E-state index contributed by atoms with van der Waals surface area (Å²) in [6.07, 6.45) is 2.62. The molecule has 22 heavy (non-hydrogen) atoms. The molecule has 2 rings (SSSR count). The van der Waals surface area contributed by atoms with Gasteiger partial charge < -0.3 is 14.3 Å². The molecule has 1 unspecified atom stereocenters. The van der Waals surface area contributed by atoms with Crippen molar-refractivity contribution in [3.63, 3.8) is 0 Å². The second-order valence-corrected chi connectivity index (χ2v) is 4.74. The normalized spacial score (nSPS) is 11.7. The zero-order valence-corrected chi connectivity index (χ0v) is 12.1. The average Bonchev–Trinajstić information content (AvgIpc) is 3.01. The summed E-state index contributed by atoms with van der Waals surface area (Å²) in [6, 6.07) is 4.69. The van der Waals surface area contributed by atoms with Gasteiger partial charge in [-0.05, 0) is 19.1 Å². The Bertz CT molecular complexity index is 839. The predicted octanol–water partition coefficient (Wildman–Crippen LogP) is -0.111. The number of carbonyl (C=O) groups is 1. The summed E-state index contributed by atoms with van der Waals surface area (Å²) in [6.45, 7) is 1.25. The van der Waals surface area contributed by atoms with E-state index in [1.165, 1.54) is 13.3 Å². The van der Waals surface area contributed by atoms with Gasteiger partial charge in [0, 0.05) is 13.2 Å². The van der Waals surface area contributed by atoms with Crippen LogP contribution < -0.4 is 16.6 Å². The molecule has 1 N–H and O–H groups in total. The molecule has 2 heterocycles. The van der Waals surface area contributed by atoms with Gasteiger partial charge in [-0.2, -0.15) is 5.26 Å². The molecule has 0 radical (unpaired) electrons. The zero-order chi connectivity index (χ0) is 16.3. The second kappa shape index (κ2) is 6.13. The fourth-order valence-corrected chi connectivity index (χ4v) is 1.98. The third kappa shape index (κ3) is 2.98. The highest BCUT2D eigenvalue weighted by Crippen LogP contribution is 2.11. The maximum atomic E-state index is 12.0. The molecular weight excluding hydrogens is 288 g/mol. The van der Waals surface area contributed by atoms with Crippen LogP contribution in [0.15, 0.2) is 38.6 Å².